The van der Waals surface area contributed by atoms with Gasteiger partial charge in [0.25, 0.3) is 0 Å². The average molecular weight is 244 g/mol. The number of nitrogens with zero attached hydrogens (tertiary/aromatic N) is 1. The van der Waals surface area contributed by atoms with E-state index in [0.717, 1.165) is 12.5 Å². The second kappa shape index (κ2) is 15.9. The maximum absolute atomic E-state index is 3.41. The van der Waals surface area contributed by atoms with Crippen LogP contribution in [0.5, 0.6) is 0 Å². The van der Waals surface area contributed by atoms with Gasteiger partial charge in [-0.15, -0.1) is 0 Å². The molecule has 1 N–H and O–H groups in total. The highest BCUT2D eigenvalue weighted by Crippen LogP contribution is 2.18. The molecular formula is C15H36N2. The molecule has 2 heteroatoms. The molecule has 0 aromatic carbocycles. The number of rotatable bonds is 5. The van der Waals surface area contributed by atoms with E-state index in [-0.39, 0.29) is 0 Å². The third kappa shape index (κ3) is 10.8. The molecule has 0 amide bonds. The van der Waals surface area contributed by atoms with E-state index in [1.54, 1.807) is 0 Å². The zero-order valence-electron chi connectivity index (χ0n) is 13.2. The monoisotopic (exact) mass is 244 g/mol. The minimum atomic E-state index is 0.952. The van der Waals surface area contributed by atoms with E-state index in [0.29, 0.717) is 0 Å². The van der Waals surface area contributed by atoms with E-state index >= 15 is 0 Å². The first-order chi connectivity index (χ1) is 8.36. The van der Waals surface area contributed by atoms with Crippen LogP contribution in [0.4, 0.5) is 0 Å². The zero-order valence-corrected chi connectivity index (χ0v) is 13.2. The van der Waals surface area contributed by atoms with Gasteiger partial charge in [-0.3, -0.25) is 0 Å². The van der Waals surface area contributed by atoms with Crippen LogP contribution in [0.3, 0.4) is 0 Å². The highest BCUT2D eigenvalue weighted by molar-refractivity contribution is 4.72. The molecule has 1 aliphatic rings. The molecule has 1 aliphatic heterocycles. The standard InChI is InChI=1S/C11H24N2.2C2H6/c1-3-12-8-7-11-6-5-9-13(4-2)10-11;2*1-2/h11-12H,3-10H2,1-2H3;2*1-2H3. The van der Waals surface area contributed by atoms with Crippen molar-refractivity contribution in [2.75, 3.05) is 32.7 Å². The molecule has 1 saturated heterocycles. The highest BCUT2D eigenvalue weighted by Gasteiger charge is 2.17. The lowest BCUT2D eigenvalue weighted by Gasteiger charge is -2.31. The van der Waals surface area contributed by atoms with Gasteiger partial charge in [-0.25, -0.2) is 0 Å². The Morgan fingerprint density at radius 3 is 2.29 bits per heavy atom. The average Bonchev–Trinajstić information content (AvgIpc) is 2.44. The third-order valence-electron chi connectivity index (χ3n) is 3.03. The minimum Gasteiger partial charge on any atom is -0.317 e. The van der Waals surface area contributed by atoms with Crippen molar-refractivity contribution >= 4 is 0 Å². The zero-order chi connectivity index (χ0) is 13.5. The Kier molecular flexibility index (Phi) is 18.0. The maximum atomic E-state index is 3.41. The Morgan fingerprint density at radius 1 is 1.12 bits per heavy atom. The van der Waals surface area contributed by atoms with E-state index in [1.807, 2.05) is 27.7 Å². The Hall–Kier alpha value is -0.0800. The fourth-order valence-electron chi connectivity index (χ4n) is 2.16. The summed E-state index contributed by atoms with van der Waals surface area (Å²) in [6, 6.07) is 0. The van der Waals surface area contributed by atoms with Gasteiger partial charge >= 0.3 is 0 Å². The van der Waals surface area contributed by atoms with E-state index in [2.05, 4.69) is 24.1 Å². The van der Waals surface area contributed by atoms with Crippen molar-refractivity contribution in [2.24, 2.45) is 5.92 Å². The molecule has 106 valence electrons. The first kappa shape index (κ1) is 19.3. The number of hydrogen-bond acceptors (Lipinski definition) is 2. The van der Waals surface area contributed by atoms with Crippen LogP contribution in [0, 0.1) is 5.92 Å². The summed E-state index contributed by atoms with van der Waals surface area (Å²) in [5, 5.41) is 3.41. The van der Waals surface area contributed by atoms with Gasteiger partial charge in [-0.05, 0) is 51.4 Å². The van der Waals surface area contributed by atoms with Crippen molar-refractivity contribution < 1.29 is 0 Å². The summed E-state index contributed by atoms with van der Waals surface area (Å²) < 4.78 is 0. The lowest BCUT2D eigenvalue weighted by Crippen LogP contribution is -2.36. The topological polar surface area (TPSA) is 15.3 Å². The van der Waals surface area contributed by atoms with E-state index < -0.39 is 0 Å². The van der Waals surface area contributed by atoms with E-state index in [9.17, 15) is 0 Å². The van der Waals surface area contributed by atoms with Gasteiger partial charge in [0.15, 0.2) is 0 Å². The molecule has 1 rings (SSSR count). The predicted molar refractivity (Wildman–Crippen MR) is 80.7 cm³/mol. The van der Waals surface area contributed by atoms with E-state index in [4.69, 9.17) is 0 Å². The Labute approximate surface area is 110 Å². The lowest BCUT2D eigenvalue weighted by atomic mass is 9.95. The summed E-state index contributed by atoms with van der Waals surface area (Å²) in [5.41, 5.74) is 0. The Morgan fingerprint density at radius 2 is 1.76 bits per heavy atom. The van der Waals surface area contributed by atoms with Crippen LogP contribution in [0.25, 0.3) is 0 Å². The summed E-state index contributed by atoms with van der Waals surface area (Å²) in [5.74, 6) is 0.952. The lowest BCUT2D eigenvalue weighted by molar-refractivity contribution is 0.176. The van der Waals surface area contributed by atoms with Crippen LogP contribution in [-0.4, -0.2) is 37.6 Å². The van der Waals surface area contributed by atoms with Crippen LogP contribution in [0.15, 0.2) is 0 Å². The molecule has 1 fully saturated rings. The molecule has 1 unspecified atom stereocenters. The molecular weight excluding hydrogens is 208 g/mol. The largest absolute Gasteiger partial charge is 0.317 e. The maximum Gasteiger partial charge on any atom is 0.00100 e. The molecule has 0 saturated carbocycles. The van der Waals surface area contributed by atoms with Crippen molar-refractivity contribution in [1.82, 2.24) is 10.2 Å². The summed E-state index contributed by atoms with van der Waals surface area (Å²) in [6.45, 7) is 18.7. The molecule has 2 nitrogen and oxygen atoms in total. The van der Waals surface area contributed by atoms with Gasteiger partial charge in [-0.2, -0.15) is 0 Å². The van der Waals surface area contributed by atoms with Crippen molar-refractivity contribution in [2.45, 2.75) is 60.8 Å². The van der Waals surface area contributed by atoms with E-state index in [1.165, 1.54) is 45.4 Å². The molecule has 0 aromatic heterocycles. The predicted octanol–water partition coefficient (Wildman–Crippen LogP) is 3.77. The summed E-state index contributed by atoms with van der Waals surface area (Å²) >= 11 is 0. The summed E-state index contributed by atoms with van der Waals surface area (Å²) in [7, 11) is 0. The molecule has 1 atom stereocenters. The number of hydrogen-bond donors (Lipinski definition) is 1. The smallest absolute Gasteiger partial charge is 0.00100 e. The van der Waals surface area contributed by atoms with Gasteiger partial charge in [-0.1, -0.05) is 41.5 Å². The fourth-order valence-corrected chi connectivity index (χ4v) is 2.16. The van der Waals surface area contributed by atoms with Gasteiger partial charge in [0, 0.05) is 6.54 Å². The van der Waals surface area contributed by atoms with Crippen molar-refractivity contribution in [3.63, 3.8) is 0 Å². The van der Waals surface area contributed by atoms with Crippen LogP contribution >= 0.6 is 0 Å². The first-order valence-corrected chi connectivity index (χ1v) is 7.79. The molecule has 0 bridgehead atoms. The van der Waals surface area contributed by atoms with Gasteiger partial charge < -0.3 is 10.2 Å². The Balaban J connectivity index is 0. The molecule has 0 spiro atoms. The number of likely N-dealkylation sites (tertiary alicyclic amines) is 1. The van der Waals surface area contributed by atoms with Crippen molar-refractivity contribution in [3.05, 3.63) is 0 Å². The van der Waals surface area contributed by atoms with Crippen molar-refractivity contribution in [1.29, 1.82) is 0 Å². The molecule has 0 radical (unpaired) electrons. The molecule has 1 heterocycles. The van der Waals surface area contributed by atoms with Gasteiger partial charge in [0.05, 0.1) is 0 Å². The van der Waals surface area contributed by atoms with Crippen molar-refractivity contribution in [3.8, 4) is 0 Å². The van der Waals surface area contributed by atoms with Crippen LogP contribution in [0.2, 0.25) is 0 Å². The van der Waals surface area contributed by atoms with Crippen LogP contribution < -0.4 is 5.32 Å². The SMILES string of the molecule is CC.CC.CCNCCC1CCCN(CC)C1. The first-order valence-electron chi connectivity index (χ1n) is 7.79. The third-order valence-corrected chi connectivity index (χ3v) is 3.03. The number of nitrogens with one attached hydrogen (secondary N) is 1. The van der Waals surface area contributed by atoms with Gasteiger partial charge in [0.2, 0.25) is 0 Å². The van der Waals surface area contributed by atoms with Crippen LogP contribution in [0.1, 0.15) is 60.8 Å². The molecule has 0 aromatic rings. The van der Waals surface area contributed by atoms with Gasteiger partial charge in [0.1, 0.15) is 0 Å². The summed E-state index contributed by atoms with van der Waals surface area (Å²) in [6.07, 6.45) is 4.22. The summed E-state index contributed by atoms with van der Waals surface area (Å²) in [4.78, 5) is 2.58. The molecule has 0 aliphatic carbocycles. The highest BCUT2D eigenvalue weighted by atomic mass is 15.1. The second-order valence-electron chi connectivity index (χ2n) is 4.04. The Bertz CT molecular complexity index is 126. The quantitative estimate of drug-likeness (QED) is 0.741. The molecule has 17 heavy (non-hydrogen) atoms. The number of piperidine rings is 1. The fraction of sp³-hybridized carbons (Fsp3) is 1.00. The normalized spacial score (nSPS) is 19.8. The van der Waals surface area contributed by atoms with Crippen LogP contribution in [-0.2, 0) is 0 Å². The second-order valence-corrected chi connectivity index (χ2v) is 4.04. The minimum absolute atomic E-state index is 0.952.